The van der Waals surface area contributed by atoms with Crippen molar-refractivity contribution in [2.24, 2.45) is 0 Å². The van der Waals surface area contributed by atoms with Gasteiger partial charge in [-0.15, -0.1) is 11.3 Å². The van der Waals surface area contributed by atoms with E-state index < -0.39 is 5.97 Å². The van der Waals surface area contributed by atoms with Gasteiger partial charge in [-0.3, -0.25) is 5.10 Å². The zero-order valence-corrected chi connectivity index (χ0v) is 10.8. The second-order valence-corrected chi connectivity index (χ2v) is 4.99. The summed E-state index contributed by atoms with van der Waals surface area (Å²) in [5, 5.41) is 16.9. The molecule has 2 heterocycles. The van der Waals surface area contributed by atoms with Gasteiger partial charge < -0.3 is 9.84 Å². The van der Waals surface area contributed by atoms with Crippen molar-refractivity contribution in [1.29, 1.82) is 0 Å². The van der Waals surface area contributed by atoms with E-state index in [1.54, 1.807) is 13.2 Å². The van der Waals surface area contributed by atoms with E-state index in [0.717, 1.165) is 33.7 Å². The van der Waals surface area contributed by atoms with Crippen molar-refractivity contribution < 1.29 is 14.6 Å². The molecular formula is C13H10N2O3S. The van der Waals surface area contributed by atoms with E-state index in [1.807, 2.05) is 24.3 Å². The Morgan fingerprint density at radius 2 is 2.11 bits per heavy atom. The number of thiophene rings is 1. The number of benzene rings is 1. The fourth-order valence-electron chi connectivity index (χ4n) is 1.89. The van der Waals surface area contributed by atoms with Gasteiger partial charge in [-0.05, 0) is 30.3 Å². The van der Waals surface area contributed by atoms with Gasteiger partial charge in [-0.1, -0.05) is 0 Å². The molecule has 3 aromatic rings. The molecule has 19 heavy (non-hydrogen) atoms. The fraction of sp³-hybridized carbons (Fsp3) is 0.0769. The molecule has 5 nitrogen and oxygen atoms in total. The highest BCUT2D eigenvalue weighted by Gasteiger charge is 2.15. The molecule has 0 atom stereocenters. The summed E-state index contributed by atoms with van der Waals surface area (Å²) in [6.07, 6.45) is 0. The van der Waals surface area contributed by atoms with Crippen LogP contribution in [-0.2, 0) is 0 Å². The molecule has 1 aromatic carbocycles. The summed E-state index contributed by atoms with van der Waals surface area (Å²) in [6, 6.07) is 9.16. The third-order valence-electron chi connectivity index (χ3n) is 2.84. The molecule has 96 valence electrons. The second-order valence-electron chi connectivity index (χ2n) is 3.96. The third-order valence-corrected chi connectivity index (χ3v) is 3.86. The highest BCUT2D eigenvalue weighted by atomic mass is 32.1. The monoisotopic (exact) mass is 274 g/mol. The molecule has 0 aliphatic rings. The minimum Gasteiger partial charge on any atom is -0.497 e. The summed E-state index contributed by atoms with van der Waals surface area (Å²) < 4.78 is 5.11. The molecule has 0 bridgehead atoms. The predicted molar refractivity (Wildman–Crippen MR) is 72.9 cm³/mol. The van der Waals surface area contributed by atoms with Gasteiger partial charge in [0.15, 0.2) is 0 Å². The normalized spacial score (nSPS) is 10.8. The molecule has 0 saturated carbocycles. The molecule has 0 amide bonds. The van der Waals surface area contributed by atoms with E-state index in [1.165, 1.54) is 0 Å². The number of nitrogens with zero attached hydrogens (tertiary/aromatic N) is 1. The summed E-state index contributed by atoms with van der Waals surface area (Å²) in [5.41, 5.74) is 1.76. The Hall–Kier alpha value is -2.34. The van der Waals surface area contributed by atoms with Crippen LogP contribution in [0.15, 0.2) is 30.3 Å². The zero-order valence-electron chi connectivity index (χ0n) is 10.0. The highest BCUT2D eigenvalue weighted by molar-refractivity contribution is 7.20. The number of aromatic nitrogens is 2. The van der Waals surface area contributed by atoms with Crippen molar-refractivity contribution in [3.8, 4) is 17.0 Å². The number of rotatable bonds is 3. The summed E-state index contributed by atoms with van der Waals surface area (Å²) in [7, 11) is 1.61. The zero-order chi connectivity index (χ0) is 13.4. The Kier molecular flexibility index (Phi) is 2.72. The quantitative estimate of drug-likeness (QED) is 0.769. The number of ether oxygens (including phenoxy) is 1. The topological polar surface area (TPSA) is 75.2 Å². The van der Waals surface area contributed by atoms with Gasteiger partial charge in [0.1, 0.15) is 15.5 Å². The van der Waals surface area contributed by atoms with Crippen LogP contribution in [0.25, 0.3) is 21.5 Å². The molecule has 2 aromatic heterocycles. The maximum atomic E-state index is 11.0. The number of aromatic carboxylic acids is 1. The number of carboxylic acids is 1. The van der Waals surface area contributed by atoms with Crippen LogP contribution in [0.3, 0.4) is 0 Å². The number of carbonyl (C=O) groups is 1. The summed E-state index contributed by atoms with van der Waals surface area (Å²) >= 11 is 1.16. The lowest BCUT2D eigenvalue weighted by Gasteiger charge is -2.01. The van der Waals surface area contributed by atoms with Crippen LogP contribution in [-0.4, -0.2) is 28.4 Å². The van der Waals surface area contributed by atoms with Gasteiger partial charge in [-0.25, -0.2) is 4.79 Å². The molecule has 0 spiro atoms. The van der Waals surface area contributed by atoms with Crippen LogP contribution in [0, 0.1) is 0 Å². The molecule has 0 fully saturated rings. The highest BCUT2D eigenvalue weighted by Crippen LogP contribution is 2.32. The van der Waals surface area contributed by atoms with Crippen molar-refractivity contribution in [1.82, 2.24) is 10.2 Å². The van der Waals surface area contributed by atoms with E-state index >= 15 is 0 Å². The number of nitrogens with one attached hydrogen (secondary N) is 1. The number of hydrogen-bond acceptors (Lipinski definition) is 4. The number of methoxy groups -OCH3 is 1. The minimum absolute atomic E-state index is 0.293. The summed E-state index contributed by atoms with van der Waals surface area (Å²) in [6.45, 7) is 0. The van der Waals surface area contributed by atoms with Crippen LogP contribution in [0.1, 0.15) is 9.67 Å². The average molecular weight is 274 g/mol. The summed E-state index contributed by atoms with van der Waals surface area (Å²) in [4.78, 5) is 11.9. The van der Waals surface area contributed by atoms with E-state index in [-0.39, 0.29) is 0 Å². The molecule has 3 rings (SSSR count). The molecule has 2 N–H and O–H groups in total. The van der Waals surface area contributed by atoms with Crippen LogP contribution in [0.5, 0.6) is 5.75 Å². The Labute approximate surface area is 112 Å². The Bertz CT molecular complexity index is 743. The minimum atomic E-state index is -0.927. The predicted octanol–water partition coefficient (Wildman–Crippen LogP) is 3.00. The summed E-state index contributed by atoms with van der Waals surface area (Å²) in [5.74, 6) is -0.153. The van der Waals surface area contributed by atoms with Gasteiger partial charge in [-0.2, -0.15) is 5.10 Å². The van der Waals surface area contributed by atoms with E-state index in [4.69, 9.17) is 9.84 Å². The lowest BCUT2D eigenvalue weighted by molar-refractivity contribution is 0.0702. The molecule has 0 radical (unpaired) electrons. The van der Waals surface area contributed by atoms with Crippen molar-refractivity contribution in [2.45, 2.75) is 0 Å². The maximum Gasteiger partial charge on any atom is 0.345 e. The van der Waals surface area contributed by atoms with Crippen molar-refractivity contribution in [3.05, 3.63) is 35.2 Å². The van der Waals surface area contributed by atoms with E-state index in [9.17, 15) is 4.79 Å². The second kappa shape index (κ2) is 4.40. The van der Waals surface area contributed by atoms with Crippen molar-refractivity contribution in [2.75, 3.05) is 7.11 Å². The Balaban J connectivity index is 2.10. The van der Waals surface area contributed by atoms with Gasteiger partial charge >= 0.3 is 5.97 Å². The molecule has 0 aliphatic heterocycles. The third kappa shape index (κ3) is 1.96. The number of H-pyrrole nitrogens is 1. The van der Waals surface area contributed by atoms with Crippen LogP contribution >= 0.6 is 11.3 Å². The Morgan fingerprint density at radius 3 is 2.74 bits per heavy atom. The van der Waals surface area contributed by atoms with E-state index in [2.05, 4.69) is 10.2 Å². The first-order valence-electron chi connectivity index (χ1n) is 5.54. The van der Waals surface area contributed by atoms with Crippen molar-refractivity contribution >= 4 is 27.5 Å². The van der Waals surface area contributed by atoms with Gasteiger partial charge in [0, 0.05) is 10.9 Å². The van der Waals surface area contributed by atoms with Crippen molar-refractivity contribution in [3.63, 3.8) is 0 Å². The molecule has 0 unspecified atom stereocenters. The number of fused-ring (bicyclic) bond motifs is 1. The van der Waals surface area contributed by atoms with Crippen LogP contribution in [0.2, 0.25) is 0 Å². The van der Waals surface area contributed by atoms with Crippen LogP contribution in [0.4, 0.5) is 0 Å². The number of carboxylic acid groups (broad SMARTS) is 1. The van der Waals surface area contributed by atoms with Gasteiger partial charge in [0.25, 0.3) is 0 Å². The smallest absolute Gasteiger partial charge is 0.345 e. The first-order valence-corrected chi connectivity index (χ1v) is 6.36. The molecular weight excluding hydrogens is 264 g/mol. The first-order chi connectivity index (χ1) is 9.19. The number of aromatic amines is 1. The fourth-order valence-corrected chi connectivity index (χ4v) is 2.73. The average Bonchev–Trinajstić information content (AvgIpc) is 2.98. The molecule has 0 saturated heterocycles. The Morgan fingerprint density at radius 1 is 1.37 bits per heavy atom. The van der Waals surface area contributed by atoms with E-state index in [0.29, 0.717) is 9.71 Å². The number of hydrogen-bond donors (Lipinski definition) is 2. The lowest BCUT2D eigenvalue weighted by Crippen LogP contribution is -1.90. The van der Waals surface area contributed by atoms with Gasteiger partial charge in [0.2, 0.25) is 0 Å². The maximum absolute atomic E-state index is 11.0. The first kappa shape index (κ1) is 11.7. The lowest BCUT2D eigenvalue weighted by atomic mass is 10.1. The SMILES string of the molecule is COc1ccc(-c2[nH]nc3sc(C(=O)O)cc23)cc1. The molecule has 0 aliphatic carbocycles. The standard InChI is InChI=1S/C13H10N2O3S/c1-18-8-4-2-7(3-5-8)11-9-6-10(13(16)17)19-12(9)15-14-11/h2-6H,1H3,(H,14,15)(H,16,17). The van der Waals surface area contributed by atoms with Gasteiger partial charge in [0.05, 0.1) is 12.8 Å². The van der Waals surface area contributed by atoms with Crippen LogP contribution < -0.4 is 4.74 Å². The molecule has 6 heteroatoms. The largest absolute Gasteiger partial charge is 0.497 e.